The highest BCUT2D eigenvalue weighted by molar-refractivity contribution is 6.53. The van der Waals surface area contributed by atoms with E-state index in [1.54, 1.807) is 24.4 Å². The van der Waals surface area contributed by atoms with Gasteiger partial charge in [0.1, 0.15) is 23.3 Å². The maximum atomic E-state index is 14.4. The lowest BCUT2D eigenvalue weighted by Gasteiger charge is -2.22. The Morgan fingerprint density at radius 1 is 1.35 bits per heavy atom. The van der Waals surface area contributed by atoms with Gasteiger partial charge in [-0.3, -0.25) is 10.4 Å². The smallest absolute Gasteiger partial charge is 0.213 e. The van der Waals surface area contributed by atoms with Crippen molar-refractivity contribution >= 4 is 17.4 Å². The average molecular weight is 351 g/mol. The van der Waals surface area contributed by atoms with E-state index in [4.69, 9.17) is 11.1 Å². The van der Waals surface area contributed by atoms with Crippen LogP contribution in [0.2, 0.25) is 0 Å². The van der Waals surface area contributed by atoms with Crippen LogP contribution in [0.3, 0.4) is 0 Å². The molecule has 2 aromatic rings. The Morgan fingerprint density at radius 2 is 2.15 bits per heavy atom. The molecule has 5 N–H and O–H groups in total. The number of hydrogen-bond acceptors (Lipinski definition) is 3. The molecule has 0 amide bonds. The second-order valence-corrected chi connectivity index (χ2v) is 5.66. The summed E-state index contributed by atoms with van der Waals surface area (Å²) in [7, 11) is 0. The summed E-state index contributed by atoms with van der Waals surface area (Å²) in [5.74, 6) is -1.04. The van der Waals surface area contributed by atoms with E-state index in [0.717, 1.165) is 11.6 Å². The molecule has 1 aromatic carbocycles. The number of nitrogens with zero attached hydrogens (tertiary/aromatic N) is 2. The molecule has 1 aliphatic heterocycles. The van der Waals surface area contributed by atoms with Gasteiger partial charge in [-0.1, -0.05) is 18.2 Å². The molecule has 26 heavy (non-hydrogen) atoms. The van der Waals surface area contributed by atoms with Crippen molar-refractivity contribution in [3.8, 4) is 5.75 Å². The summed E-state index contributed by atoms with van der Waals surface area (Å²) < 4.78 is 14.4. The summed E-state index contributed by atoms with van der Waals surface area (Å²) in [6.07, 6.45) is 8.91. The standard InChI is InChI=1S/C19H18FN5O/c1-2-3-4-5-15-18(25-19(21)22)17-13(8-9-23-17)16(24-15)12-7-6-11(26)10-14(12)20/h2-10,16,23,26H,1H3,(H3,21,22)/b3-2-,5-4-,25-18-. The van der Waals surface area contributed by atoms with Gasteiger partial charge < -0.3 is 15.8 Å². The number of halogens is 1. The fraction of sp³-hybridized carbons (Fsp3) is 0.105. The van der Waals surface area contributed by atoms with Crippen molar-refractivity contribution in [2.45, 2.75) is 13.0 Å². The van der Waals surface area contributed by atoms with Crippen LogP contribution in [0.15, 0.2) is 64.8 Å². The first-order valence-corrected chi connectivity index (χ1v) is 7.97. The topological polar surface area (TPSA) is 111 Å². The van der Waals surface area contributed by atoms with Gasteiger partial charge >= 0.3 is 0 Å². The monoisotopic (exact) mass is 351 g/mol. The van der Waals surface area contributed by atoms with Crippen LogP contribution in [-0.4, -0.2) is 27.5 Å². The van der Waals surface area contributed by atoms with Gasteiger partial charge in [-0.2, -0.15) is 0 Å². The van der Waals surface area contributed by atoms with Crippen LogP contribution in [0.1, 0.15) is 29.8 Å². The van der Waals surface area contributed by atoms with Gasteiger partial charge in [0.15, 0.2) is 0 Å². The Hall–Kier alpha value is -3.48. The minimum Gasteiger partial charge on any atom is -0.508 e. The molecule has 3 rings (SSSR count). The normalized spacial score (nSPS) is 18.5. The molecule has 0 spiro atoms. The second kappa shape index (κ2) is 7.18. The summed E-state index contributed by atoms with van der Waals surface area (Å²) in [5.41, 5.74) is 8.04. The number of phenolic OH excluding ortho intramolecular Hbond substituents is 1. The Bertz CT molecular complexity index is 968. The summed E-state index contributed by atoms with van der Waals surface area (Å²) in [4.78, 5) is 11.8. The van der Waals surface area contributed by atoms with Crippen LogP contribution in [0.4, 0.5) is 4.39 Å². The van der Waals surface area contributed by atoms with Crippen LogP contribution >= 0.6 is 0 Å². The van der Waals surface area contributed by atoms with Gasteiger partial charge in [0.2, 0.25) is 5.96 Å². The van der Waals surface area contributed by atoms with Crippen molar-refractivity contribution in [2.75, 3.05) is 0 Å². The predicted molar refractivity (Wildman–Crippen MR) is 101 cm³/mol. The van der Waals surface area contributed by atoms with Crippen LogP contribution < -0.4 is 5.73 Å². The number of rotatable bonds is 3. The highest BCUT2D eigenvalue weighted by Crippen LogP contribution is 2.35. The van der Waals surface area contributed by atoms with Crippen LogP contribution in [0, 0.1) is 11.2 Å². The van der Waals surface area contributed by atoms with Crippen molar-refractivity contribution < 1.29 is 9.50 Å². The van der Waals surface area contributed by atoms with E-state index in [2.05, 4.69) is 15.0 Å². The molecular formula is C19H18FN5O. The Morgan fingerprint density at radius 3 is 2.85 bits per heavy atom. The molecule has 2 heterocycles. The number of allylic oxidation sites excluding steroid dienone is 4. The number of phenols is 1. The Labute approximate surface area is 149 Å². The van der Waals surface area contributed by atoms with Crippen LogP contribution in [0.5, 0.6) is 5.75 Å². The molecule has 1 aliphatic rings. The number of aliphatic imine (C=N–C) groups is 2. The summed E-state index contributed by atoms with van der Waals surface area (Å²) in [5, 5.41) is 17.0. The molecule has 7 heteroatoms. The molecule has 6 nitrogen and oxygen atoms in total. The van der Waals surface area contributed by atoms with E-state index < -0.39 is 11.9 Å². The number of aromatic hydroxyl groups is 1. The predicted octanol–water partition coefficient (Wildman–Crippen LogP) is 3.22. The second-order valence-electron chi connectivity index (χ2n) is 5.66. The van der Waals surface area contributed by atoms with Gasteiger partial charge in [0, 0.05) is 23.4 Å². The van der Waals surface area contributed by atoms with E-state index in [-0.39, 0.29) is 11.7 Å². The summed E-state index contributed by atoms with van der Waals surface area (Å²) in [6.45, 7) is 1.88. The molecule has 0 saturated carbocycles. The fourth-order valence-corrected chi connectivity index (χ4v) is 2.80. The molecule has 0 fully saturated rings. The molecule has 132 valence electrons. The number of nitrogens with one attached hydrogen (secondary N) is 2. The molecule has 1 aromatic heterocycles. The third-order valence-corrected chi connectivity index (χ3v) is 3.89. The maximum Gasteiger partial charge on any atom is 0.213 e. The van der Waals surface area contributed by atoms with E-state index in [1.165, 1.54) is 12.1 Å². The van der Waals surface area contributed by atoms with Crippen molar-refractivity contribution in [3.05, 3.63) is 77.4 Å². The Kier molecular flexibility index (Phi) is 4.79. The maximum absolute atomic E-state index is 14.4. The number of H-pyrrole nitrogens is 1. The first-order chi connectivity index (χ1) is 12.5. The van der Waals surface area contributed by atoms with Gasteiger partial charge in [-0.15, -0.1) is 0 Å². The number of benzene rings is 1. The zero-order chi connectivity index (χ0) is 18.7. The van der Waals surface area contributed by atoms with Gasteiger partial charge in [0.05, 0.1) is 11.4 Å². The first-order valence-electron chi connectivity index (χ1n) is 7.97. The number of aromatic nitrogens is 1. The molecular weight excluding hydrogens is 333 g/mol. The number of aromatic amines is 1. The molecule has 0 aliphatic carbocycles. The van der Waals surface area contributed by atoms with E-state index >= 15 is 0 Å². The SMILES string of the molecule is C/C=C\C=C/C1=NC(c2ccc(O)cc2F)c2cc[nH]c2/C1=N\C(=N)N. The van der Waals surface area contributed by atoms with Gasteiger partial charge in [-0.05, 0) is 31.2 Å². The highest BCUT2D eigenvalue weighted by Gasteiger charge is 2.29. The van der Waals surface area contributed by atoms with Gasteiger partial charge in [-0.25, -0.2) is 9.38 Å². The van der Waals surface area contributed by atoms with Gasteiger partial charge in [0.25, 0.3) is 0 Å². The highest BCUT2D eigenvalue weighted by atomic mass is 19.1. The molecule has 0 bridgehead atoms. The fourth-order valence-electron chi connectivity index (χ4n) is 2.80. The number of guanidine groups is 1. The zero-order valence-electron chi connectivity index (χ0n) is 14.1. The molecule has 1 unspecified atom stereocenters. The number of hydrogen-bond donors (Lipinski definition) is 4. The third kappa shape index (κ3) is 3.32. The van der Waals surface area contributed by atoms with Crippen LogP contribution in [0.25, 0.3) is 0 Å². The molecule has 0 radical (unpaired) electrons. The Balaban J connectivity index is 2.19. The largest absolute Gasteiger partial charge is 0.508 e. The quantitative estimate of drug-likeness (QED) is 0.387. The minimum atomic E-state index is -0.604. The lowest BCUT2D eigenvalue weighted by atomic mass is 9.92. The molecule has 1 atom stereocenters. The average Bonchev–Trinajstić information content (AvgIpc) is 3.06. The summed E-state index contributed by atoms with van der Waals surface area (Å²) in [6, 6.07) is 5.18. The third-order valence-electron chi connectivity index (χ3n) is 3.89. The lowest BCUT2D eigenvalue weighted by Crippen LogP contribution is -2.25. The minimum absolute atomic E-state index is 0.146. The summed E-state index contributed by atoms with van der Waals surface area (Å²) >= 11 is 0. The number of fused-ring (bicyclic) bond motifs is 1. The zero-order valence-corrected chi connectivity index (χ0v) is 14.1. The van der Waals surface area contributed by atoms with Crippen LogP contribution in [-0.2, 0) is 0 Å². The van der Waals surface area contributed by atoms with E-state index in [0.29, 0.717) is 22.7 Å². The number of nitrogens with two attached hydrogens (primary N) is 1. The van der Waals surface area contributed by atoms with E-state index in [1.807, 2.05) is 19.1 Å². The molecule has 0 saturated heterocycles. The van der Waals surface area contributed by atoms with E-state index in [9.17, 15) is 9.50 Å². The first kappa shape index (κ1) is 17.3. The van der Waals surface area contributed by atoms with Crippen molar-refractivity contribution in [1.82, 2.24) is 4.98 Å². The van der Waals surface area contributed by atoms with Crippen molar-refractivity contribution in [3.63, 3.8) is 0 Å². The van der Waals surface area contributed by atoms with Crippen molar-refractivity contribution in [2.24, 2.45) is 15.7 Å². The lowest BCUT2D eigenvalue weighted by molar-refractivity contribution is 0.467. The van der Waals surface area contributed by atoms with Crippen molar-refractivity contribution in [1.29, 1.82) is 5.41 Å².